The van der Waals surface area contributed by atoms with Gasteiger partial charge >= 0.3 is 5.97 Å². The Morgan fingerprint density at radius 2 is 1.93 bits per heavy atom. The van der Waals surface area contributed by atoms with Crippen molar-refractivity contribution in [1.29, 1.82) is 0 Å². The van der Waals surface area contributed by atoms with Crippen LogP contribution in [0.5, 0.6) is 0 Å². The number of hydrogen-bond acceptors (Lipinski definition) is 6. The number of anilines is 1. The first-order chi connectivity index (χ1) is 13.6. The number of thiophene rings is 1. The average molecular weight is 414 g/mol. The van der Waals surface area contributed by atoms with Crippen molar-refractivity contribution in [1.82, 2.24) is 0 Å². The van der Waals surface area contributed by atoms with Crippen molar-refractivity contribution in [2.45, 2.75) is 32.6 Å². The molecule has 5 nitrogen and oxygen atoms in total. The second-order valence-corrected chi connectivity index (χ2v) is 8.69. The van der Waals surface area contributed by atoms with Crippen LogP contribution in [0.15, 0.2) is 35.1 Å². The maximum absolute atomic E-state index is 12.9. The first-order valence-corrected chi connectivity index (χ1v) is 10.9. The van der Waals surface area contributed by atoms with Gasteiger partial charge in [-0.25, -0.2) is 4.79 Å². The lowest BCUT2D eigenvalue weighted by molar-refractivity contribution is 0.0526. The highest BCUT2D eigenvalue weighted by Crippen LogP contribution is 2.39. The van der Waals surface area contributed by atoms with E-state index in [4.69, 9.17) is 4.74 Å². The van der Waals surface area contributed by atoms with Gasteiger partial charge in [-0.05, 0) is 55.7 Å². The van der Waals surface area contributed by atoms with Crippen LogP contribution in [0.2, 0.25) is 0 Å². The third-order valence-electron chi connectivity index (χ3n) is 4.77. The van der Waals surface area contributed by atoms with E-state index < -0.39 is 5.97 Å². The highest BCUT2D eigenvalue weighted by Gasteiger charge is 2.27. The van der Waals surface area contributed by atoms with Gasteiger partial charge in [0.2, 0.25) is 4.74 Å². The van der Waals surface area contributed by atoms with Gasteiger partial charge in [0.1, 0.15) is 5.00 Å². The van der Waals surface area contributed by atoms with E-state index in [1.807, 2.05) is 12.1 Å². The van der Waals surface area contributed by atoms with E-state index in [1.54, 1.807) is 25.1 Å². The Hall–Kier alpha value is -2.51. The Labute approximate surface area is 170 Å². The zero-order valence-corrected chi connectivity index (χ0v) is 17.0. The minimum Gasteiger partial charge on any atom is -0.462 e. The maximum atomic E-state index is 12.9. The number of benzene rings is 1. The number of hydrogen-bond donors (Lipinski definition) is 1. The van der Waals surface area contributed by atoms with Crippen molar-refractivity contribution in [3.8, 4) is 0 Å². The highest BCUT2D eigenvalue weighted by molar-refractivity contribution is 7.17. The summed E-state index contributed by atoms with van der Waals surface area (Å²) in [5.74, 6) is -0.777. The monoisotopic (exact) mass is 413 g/mol. The van der Waals surface area contributed by atoms with E-state index in [9.17, 15) is 14.4 Å². The van der Waals surface area contributed by atoms with E-state index in [1.165, 1.54) is 11.3 Å². The highest BCUT2D eigenvalue weighted by atomic mass is 32.1. The van der Waals surface area contributed by atoms with Crippen LogP contribution >= 0.6 is 22.7 Å². The summed E-state index contributed by atoms with van der Waals surface area (Å²) in [5, 5.41) is 4.71. The zero-order chi connectivity index (χ0) is 19.7. The second-order valence-electron chi connectivity index (χ2n) is 6.57. The fourth-order valence-electron chi connectivity index (χ4n) is 3.48. The molecule has 0 spiro atoms. The molecule has 0 fully saturated rings. The number of carbonyl (C=O) groups excluding carboxylic acids is 2. The molecule has 0 saturated heterocycles. The van der Waals surface area contributed by atoms with Crippen molar-refractivity contribution in [2.24, 2.45) is 0 Å². The van der Waals surface area contributed by atoms with Gasteiger partial charge in [0.05, 0.1) is 17.0 Å². The quantitative estimate of drug-likeness (QED) is 0.633. The van der Waals surface area contributed by atoms with Gasteiger partial charge in [0.25, 0.3) is 5.91 Å². The molecule has 1 N–H and O–H groups in total. The van der Waals surface area contributed by atoms with Crippen molar-refractivity contribution in [3.05, 3.63) is 60.8 Å². The molecule has 0 saturated carbocycles. The van der Waals surface area contributed by atoms with Crippen LogP contribution in [0.4, 0.5) is 5.00 Å². The molecule has 1 amide bonds. The lowest BCUT2D eigenvalue weighted by Crippen LogP contribution is -2.16. The molecular weight excluding hydrogens is 394 g/mol. The van der Waals surface area contributed by atoms with Crippen LogP contribution in [-0.2, 0) is 17.6 Å². The van der Waals surface area contributed by atoms with Gasteiger partial charge in [-0.3, -0.25) is 9.59 Å². The Bertz CT molecular complexity index is 1130. The summed E-state index contributed by atoms with van der Waals surface area (Å²) >= 11 is 2.36. The molecule has 0 radical (unpaired) electrons. The van der Waals surface area contributed by atoms with Gasteiger partial charge in [0.15, 0.2) is 0 Å². The van der Waals surface area contributed by atoms with Crippen LogP contribution in [-0.4, -0.2) is 18.5 Å². The van der Waals surface area contributed by atoms with Crippen molar-refractivity contribution in [3.63, 3.8) is 0 Å². The molecule has 2 heterocycles. The molecule has 1 aromatic carbocycles. The number of aryl methyl sites for hydroxylation is 1. The van der Waals surface area contributed by atoms with Gasteiger partial charge in [-0.15, -0.1) is 11.3 Å². The van der Waals surface area contributed by atoms with Crippen molar-refractivity contribution in [2.75, 3.05) is 11.9 Å². The zero-order valence-electron chi connectivity index (χ0n) is 15.4. The predicted molar refractivity (Wildman–Crippen MR) is 113 cm³/mol. The standard InChI is InChI=1S/C21H19NO4S2/c1-2-26-20(24)17-14-9-5-6-10-15(14)27-19(17)22-18(23)16-11-12-7-3-4-8-13(12)21(25)28-16/h3-4,7-8,11H,2,5-6,9-10H2,1H3,(H,22,23). The third-order valence-corrected chi connectivity index (χ3v) is 6.91. The number of carbonyl (C=O) groups is 2. The number of amides is 1. The van der Waals surface area contributed by atoms with Crippen LogP contribution in [0.25, 0.3) is 10.8 Å². The summed E-state index contributed by atoms with van der Waals surface area (Å²) < 4.78 is 5.07. The first kappa shape index (κ1) is 18.8. The topological polar surface area (TPSA) is 72.5 Å². The Morgan fingerprint density at radius 3 is 2.75 bits per heavy atom. The molecule has 1 aliphatic carbocycles. The Kier molecular flexibility index (Phi) is 5.28. The van der Waals surface area contributed by atoms with E-state index in [0.29, 0.717) is 20.8 Å². The minimum absolute atomic E-state index is 0.153. The molecule has 0 bridgehead atoms. The second kappa shape index (κ2) is 7.85. The van der Waals surface area contributed by atoms with Crippen molar-refractivity contribution >= 4 is 50.3 Å². The fourth-order valence-corrected chi connectivity index (χ4v) is 5.58. The molecule has 7 heteroatoms. The molecular formula is C21H19NO4S2. The third kappa shape index (κ3) is 3.47. The average Bonchev–Trinajstić information content (AvgIpc) is 3.06. The van der Waals surface area contributed by atoms with Crippen LogP contribution in [0, 0.1) is 0 Å². The first-order valence-electron chi connectivity index (χ1n) is 9.24. The van der Waals surface area contributed by atoms with Crippen LogP contribution in [0.3, 0.4) is 0 Å². The summed E-state index contributed by atoms with van der Waals surface area (Å²) in [5.41, 5.74) is 1.47. The summed E-state index contributed by atoms with van der Waals surface area (Å²) in [4.78, 5) is 39.2. The lowest BCUT2D eigenvalue weighted by Gasteiger charge is -2.12. The van der Waals surface area contributed by atoms with E-state index in [2.05, 4.69) is 5.32 Å². The number of fused-ring (bicyclic) bond motifs is 2. The smallest absolute Gasteiger partial charge is 0.341 e. The van der Waals surface area contributed by atoms with Crippen LogP contribution < -0.4 is 10.1 Å². The summed E-state index contributed by atoms with van der Waals surface area (Å²) in [6.07, 6.45) is 3.83. The maximum Gasteiger partial charge on any atom is 0.341 e. The molecule has 144 valence electrons. The summed E-state index contributed by atoms with van der Waals surface area (Å²) in [7, 11) is 0. The van der Waals surface area contributed by atoms with E-state index in [-0.39, 0.29) is 17.3 Å². The minimum atomic E-state index is -0.399. The van der Waals surface area contributed by atoms with Crippen molar-refractivity contribution < 1.29 is 14.3 Å². The van der Waals surface area contributed by atoms with Gasteiger partial charge in [-0.2, -0.15) is 0 Å². The number of nitrogens with one attached hydrogen (secondary N) is 1. The van der Waals surface area contributed by atoms with E-state index >= 15 is 0 Å². The molecule has 0 atom stereocenters. The molecule has 3 aromatic rings. The fraction of sp³-hybridized carbons (Fsp3) is 0.286. The Balaban J connectivity index is 1.71. The van der Waals surface area contributed by atoms with Crippen LogP contribution in [0.1, 0.15) is 50.2 Å². The molecule has 0 aliphatic heterocycles. The predicted octanol–water partition coefficient (Wildman–Crippen LogP) is 4.63. The normalized spacial score (nSPS) is 13.2. The van der Waals surface area contributed by atoms with E-state index in [0.717, 1.165) is 52.8 Å². The molecule has 1 aliphatic rings. The number of ether oxygens (including phenoxy) is 1. The number of esters is 1. The number of rotatable bonds is 4. The van der Waals surface area contributed by atoms with Gasteiger partial charge in [-0.1, -0.05) is 29.5 Å². The SMILES string of the molecule is CCOC(=O)c1c(NC(=O)c2cc3ccccc3c(=O)s2)sc2c1CCCC2. The lowest BCUT2D eigenvalue weighted by atomic mass is 9.95. The molecule has 4 rings (SSSR count). The molecule has 0 unspecified atom stereocenters. The van der Waals surface area contributed by atoms with Gasteiger partial charge < -0.3 is 10.1 Å². The summed E-state index contributed by atoms with van der Waals surface area (Å²) in [6.45, 7) is 2.05. The largest absolute Gasteiger partial charge is 0.462 e. The Morgan fingerprint density at radius 1 is 1.14 bits per heavy atom. The molecule has 2 aromatic heterocycles. The summed E-state index contributed by atoms with van der Waals surface area (Å²) in [6, 6.07) is 8.92. The molecule has 28 heavy (non-hydrogen) atoms. The van der Waals surface area contributed by atoms with Gasteiger partial charge in [0, 0.05) is 10.3 Å².